The fourth-order valence-corrected chi connectivity index (χ4v) is 3.70. The number of hydrogen-bond acceptors (Lipinski definition) is 3. The molecule has 2 aromatic carbocycles. The zero-order valence-corrected chi connectivity index (χ0v) is 14.9. The maximum absolute atomic E-state index is 13.1. The molecule has 1 amide bonds. The Hall–Kier alpha value is -2.17. The van der Waals surface area contributed by atoms with E-state index in [1.165, 1.54) is 0 Å². The molecule has 1 spiro atoms. The molecule has 0 aliphatic carbocycles. The molecule has 0 atom stereocenters. The van der Waals surface area contributed by atoms with E-state index in [1.54, 1.807) is 6.07 Å². The highest BCUT2D eigenvalue weighted by Crippen LogP contribution is 2.35. The van der Waals surface area contributed by atoms with Gasteiger partial charge in [0.1, 0.15) is 5.54 Å². The van der Waals surface area contributed by atoms with E-state index >= 15 is 0 Å². The molecule has 0 unspecified atom stereocenters. The number of benzene rings is 2. The van der Waals surface area contributed by atoms with Crippen LogP contribution >= 0.6 is 11.6 Å². The third kappa shape index (κ3) is 2.96. The maximum Gasteiger partial charge on any atom is 0.252 e. The van der Waals surface area contributed by atoms with Crippen molar-refractivity contribution < 1.29 is 4.79 Å². The predicted octanol–water partition coefficient (Wildman–Crippen LogP) is 3.59. The number of aliphatic imine (C=N–C) groups is 1. The van der Waals surface area contributed by atoms with Crippen LogP contribution in [0.1, 0.15) is 24.0 Å². The van der Waals surface area contributed by atoms with E-state index in [0.29, 0.717) is 17.9 Å². The van der Waals surface area contributed by atoms with E-state index < -0.39 is 5.54 Å². The molecule has 128 valence electrons. The number of nitrogens with zero attached hydrogens (tertiary/aromatic N) is 2. The molecule has 1 fully saturated rings. The Morgan fingerprint density at radius 2 is 1.84 bits per heavy atom. The molecule has 1 N–H and O–H groups in total. The van der Waals surface area contributed by atoms with Gasteiger partial charge in [-0.05, 0) is 38.1 Å². The number of halogens is 1. The number of hydrogen-bond donors (Lipinski definition) is 1. The Kier molecular flexibility index (Phi) is 4.10. The van der Waals surface area contributed by atoms with Crippen LogP contribution < -0.4 is 5.32 Å². The van der Waals surface area contributed by atoms with E-state index in [9.17, 15) is 4.79 Å². The highest BCUT2D eigenvalue weighted by Gasteiger charge is 2.43. The quantitative estimate of drug-likeness (QED) is 0.851. The van der Waals surface area contributed by atoms with Crippen LogP contribution in [0.2, 0.25) is 5.02 Å². The number of amides is 1. The van der Waals surface area contributed by atoms with Crippen LogP contribution in [0.5, 0.6) is 0 Å². The average Bonchev–Trinajstić information content (AvgIpc) is 2.74. The minimum Gasteiger partial charge on any atom is -0.323 e. The lowest BCUT2D eigenvalue weighted by atomic mass is 9.87. The molecule has 2 aliphatic rings. The summed E-state index contributed by atoms with van der Waals surface area (Å²) in [7, 11) is 2.08. The van der Waals surface area contributed by atoms with Crippen molar-refractivity contribution in [3.8, 4) is 0 Å². The number of fused-ring (bicyclic) bond motifs is 1. The van der Waals surface area contributed by atoms with Crippen molar-refractivity contribution in [2.75, 3.05) is 25.5 Å². The van der Waals surface area contributed by atoms with Crippen molar-refractivity contribution >= 4 is 28.9 Å². The summed E-state index contributed by atoms with van der Waals surface area (Å²) in [4.78, 5) is 20.3. The number of carbonyl (C=O) groups is 1. The fraction of sp³-hybridized carbons (Fsp3) is 0.300. The van der Waals surface area contributed by atoms with Gasteiger partial charge in [0, 0.05) is 29.2 Å². The standard InChI is InChI=1S/C20H20ClN3O/c1-24-11-9-20(10-12-24)19(25)22-17-8-7-15(21)13-16(17)18(23-20)14-5-3-2-4-6-14/h2-8,13H,9-12H2,1H3,(H,22,25). The number of rotatable bonds is 1. The first-order valence-corrected chi connectivity index (χ1v) is 8.90. The van der Waals surface area contributed by atoms with E-state index in [1.807, 2.05) is 42.5 Å². The lowest BCUT2D eigenvalue weighted by molar-refractivity contribution is -0.122. The molecule has 4 nitrogen and oxygen atoms in total. The second-order valence-electron chi connectivity index (χ2n) is 6.81. The van der Waals surface area contributed by atoms with Gasteiger partial charge in [-0.2, -0.15) is 0 Å². The van der Waals surface area contributed by atoms with Crippen LogP contribution in [0.25, 0.3) is 0 Å². The summed E-state index contributed by atoms with van der Waals surface area (Å²) in [6.45, 7) is 1.71. The van der Waals surface area contributed by atoms with Crippen molar-refractivity contribution in [2.24, 2.45) is 4.99 Å². The molecule has 5 heteroatoms. The van der Waals surface area contributed by atoms with Crippen LogP contribution in [-0.2, 0) is 4.79 Å². The molecule has 0 aromatic heterocycles. The third-order valence-corrected chi connectivity index (χ3v) is 5.33. The molecule has 0 radical (unpaired) electrons. The molecule has 2 heterocycles. The highest BCUT2D eigenvalue weighted by molar-refractivity contribution is 6.32. The van der Waals surface area contributed by atoms with Crippen molar-refractivity contribution in [3.63, 3.8) is 0 Å². The molecule has 0 saturated carbocycles. The number of piperidine rings is 1. The first kappa shape index (κ1) is 16.3. The van der Waals surface area contributed by atoms with Crippen LogP contribution in [0.3, 0.4) is 0 Å². The molecule has 1 saturated heterocycles. The first-order valence-electron chi connectivity index (χ1n) is 8.53. The summed E-state index contributed by atoms with van der Waals surface area (Å²) in [5, 5.41) is 3.73. The van der Waals surface area contributed by atoms with Gasteiger partial charge < -0.3 is 10.2 Å². The Morgan fingerprint density at radius 1 is 1.12 bits per heavy atom. The van der Waals surface area contributed by atoms with Crippen LogP contribution in [-0.4, -0.2) is 42.2 Å². The zero-order valence-electron chi connectivity index (χ0n) is 14.1. The summed E-state index contributed by atoms with van der Waals surface area (Å²) in [5.74, 6) is -0.0184. The highest BCUT2D eigenvalue weighted by atomic mass is 35.5. The summed E-state index contributed by atoms with van der Waals surface area (Å²) < 4.78 is 0. The second-order valence-corrected chi connectivity index (χ2v) is 7.24. The van der Waals surface area contributed by atoms with Gasteiger partial charge in [0.2, 0.25) is 0 Å². The Morgan fingerprint density at radius 3 is 2.56 bits per heavy atom. The SMILES string of the molecule is CN1CCC2(CC1)N=C(c1ccccc1)c1cc(Cl)ccc1NC2=O. The van der Waals surface area contributed by atoms with Gasteiger partial charge in [-0.15, -0.1) is 0 Å². The van der Waals surface area contributed by atoms with Crippen molar-refractivity contribution in [2.45, 2.75) is 18.4 Å². The van der Waals surface area contributed by atoms with Crippen LogP contribution in [0.4, 0.5) is 5.69 Å². The van der Waals surface area contributed by atoms with Gasteiger partial charge in [0.05, 0.1) is 11.4 Å². The minimum absolute atomic E-state index is 0.0184. The van der Waals surface area contributed by atoms with E-state index in [0.717, 1.165) is 35.6 Å². The first-order chi connectivity index (χ1) is 12.1. The van der Waals surface area contributed by atoms with E-state index in [4.69, 9.17) is 16.6 Å². The predicted molar refractivity (Wildman–Crippen MR) is 102 cm³/mol. The maximum atomic E-state index is 13.1. The Bertz CT molecular complexity index is 839. The molecular weight excluding hydrogens is 334 g/mol. The van der Waals surface area contributed by atoms with Crippen molar-refractivity contribution in [1.29, 1.82) is 0 Å². The fourth-order valence-electron chi connectivity index (χ4n) is 3.53. The summed E-state index contributed by atoms with van der Waals surface area (Å²) in [5.41, 5.74) is 2.76. The molecule has 2 aliphatic heterocycles. The van der Waals surface area contributed by atoms with Gasteiger partial charge in [0.25, 0.3) is 5.91 Å². The van der Waals surface area contributed by atoms with Gasteiger partial charge in [-0.3, -0.25) is 9.79 Å². The van der Waals surface area contributed by atoms with Crippen molar-refractivity contribution in [3.05, 3.63) is 64.7 Å². The van der Waals surface area contributed by atoms with Crippen LogP contribution in [0, 0.1) is 0 Å². The summed E-state index contributed by atoms with van der Waals surface area (Å²) >= 11 is 6.24. The number of likely N-dealkylation sites (tertiary alicyclic amines) is 1. The topological polar surface area (TPSA) is 44.7 Å². The van der Waals surface area contributed by atoms with E-state index in [2.05, 4.69) is 17.3 Å². The van der Waals surface area contributed by atoms with Crippen LogP contribution in [0.15, 0.2) is 53.5 Å². The molecule has 4 rings (SSSR count). The van der Waals surface area contributed by atoms with Crippen molar-refractivity contribution in [1.82, 2.24) is 4.90 Å². The average molecular weight is 354 g/mol. The lowest BCUT2D eigenvalue weighted by Crippen LogP contribution is -2.49. The molecule has 25 heavy (non-hydrogen) atoms. The largest absolute Gasteiger partial charge is 0.323 e. The lowest BCUT2D eigenvalue weighted by Gasteiger charge is -2.36. The summed E-state index contributed by atoms with van der Waals surface area (Å²) in [6, 6.07) is 15.6. The minimum atomic E-state index is -0.719. The molecule has 2 aromatic rings. The van der Waals surface area contributed by atoms with Gasteiger partial charge >= 0.3 is 0 Å². The molecule has 0 bridgehead atoms. The normalized spacial score (nSPS) is 19.8. The Labute approximate surface area is 152 Å². The smallest absolute Gasteiger partial charge is 0.252 e. The number of carbonyl (C=O) groups excluding carboxylic acids is 1. The van der Waals surface area contributed by atoms with Gasteiger partial charge in [0.15, 0.2) is 0 Å². The zero-order chi connectivity index (χ0) is 17.4. The third-order valence-electron chi connectivity index (χ3n) is 5.09. The monoisotopic (exact) mass is 353 g/mol. The second kappa shape index (κ2) is 6.28. The van der Waals surface area contributed by atoms with Gasteiger partial charge in [-0.1, -0.05) is 41.9 Å². The number of nitrogens with one attached hydrogen (secondary N) is 1. The number of anilines is 1. The summed E-state index contributed by atoms with van der Waals surface area (Å²) in [6.07, 6.45) is 1.43. The Balaban J connectivity index is 1.91. The van der Waals surface area contributed by atoms with Gasteiger partial charge in [-0.25, -0.2) is 0 Å². The van der Waals surface area contributed by atoms with E-state index in [-0.39, 0.29) is 5.91 Å². The molecular formula is C20H20ClN3O.